The Labute approximate surface area is 161 Å². The third kappa shape index (κ3) is 3.49. The number of carbonyl (C=O) groups is 1. The molecule has 0 atom stereocenters. The number of anilines is 1. The van der Waals surface area contributed by atoms with Crippen LogP contribution in [0, 0.1) is 12.7 Å². The number of nitrogens with zero attached hydrogens (tertiary/aromatic N) is 3. The third-order valence-corrected chi connectivity index (χ3v) is 4.64. The third-order valence-electron chi connectivity index (χ3n) is 4.64. The van der Waals surface area contributed by atoms with Crippen LogP contribution in [-0.4, -0.2) is 20.9 Å². The number of aromatic nitrogens is 3. The van der Waals surface area contributed by atoms with Gasteiger partial charge in [-0.2, -0.15) is 4.80 Å². The smallest absolute Gasteiger partial charge is 0.255 e. The van der Waals surface area contributed by atoms with Gasteiger partial charge in [-0.1, -0.05) is 25.1 Å². The molecule has 0 unspecified atom stereocenters. The quantitative estimate of drug-likeness (QED) is 0.564. The molecule has 0 saturated heterocycles. The van der Waals surface area contributed by atoms with Gasteiger partial charge in [0.25, 0.3) is 5.91 Å². The van der Waals surface area contributed by atoms with Gasteiger partial charge in [-0.3, -0.25) is 4.79 Å². The maximum Gasteiger partial charge on any atom is 0.255 e. The molecule has 1 aromatic heterocycles. The van der Waals surface area contributed by atoms with Gasteiger partial charge in [0.15, 0.2) is 0 Å². The van der Waals surface area contributed by atoms with Crippen LogP contribution in [0.15, 0.2) is 60.7 Å². The van der Waals surface area contributed by atoms with Crippen molar-refractivity contribution >= 4 is 22.6 Å². The van der Waals surface area contributed by atoms with Crippen LogP contribution < -0.4 is 5.32 Å². The van der Waals surface area contributed by atoms with Crippen LogP contribution in [0.2, 0.25) is 0 Å². The minimum Gasteiger partial charge on any atom is -0.322 e. The Hall–Kier alpha value is -3.54. The van der Waals surface area contributed by atoms with Gasteiger partial charge in [0.2, 0.25) is 0 Å². The Balaban J connectivity index is 1.65. The average molecular weight is 374 g/mol. The monoisotopic (exact) mass is 374 g/mol. The fourth-order valence-corrected chi connectivity index (χ4v) is 3.01. The van der Waals surface area contributed by atoms with Crippen LogP contribution in [-0.2, 0) is 6.42 Å². The molecule has 1 amide bonds. The number of rotatable bonds is 4. The Kier molecular flexibility index (Phi) is 4.61. The van der Waals surface area contributed by atoms with E-state index in [2.05, 4.69) is 34.6 Å². The summed E-state index contributed by atoms with van der Waals surface area (Å²) < 4.78 is 13.4. The number of halogens is 1. The van der Waals surface area contributed by atoms with Crippen molar-refractivity contribution in [3.63, 3.8) is 0 Å². The molecule has 140 valence electrons. The van der Waals surface area contributed by atoms with E-state index < -0.39 is 5.82 Å². The van der Waals surface area contributed by atoms with E-state index in [4.69, 9.17) is 0 Å². The summed E-state index contributed by atoms with van der Waals surface area (Å²) in [6.07, 6.45) is 0.975. The highest BCUT2D eigenvalue weighted by Crippen LogP contribution is 2.23. The number of amides is 1. The van der Waals surface area contributed by atoms with Crippen molar-refractivity contribution in [2.75, 3.05) is 5.32 Å². The fourth-order valence-electron chi connectivity index (χ4n) is 3.01. The van der Waals surface area contributed by atoms with Crippen LogP contribution in [0.1, 0.15) is 28.4 Å². The summed E-state index contributed by atoms with van der Waals surface area (Å²) in [5, 5.41) is 11.9. The first-order chi connectivity index (χ1) is 13.5. The molecule has 0 aliphatic heterocycles. The lowest BCUT2D eigenvalue weighted by molar-refractivity contribution is 0.102. The topological polar surface area (TPSA) is 59.8 Å². The average Bonchev–Trinajstić information content (AvgIpc) is 3.11. The Bertz CT molecular complexity index is 1170. The van der Waals surface area contributed by atoms with Gasteiger partial charge in [-0.05, 0) is 66.9 Å². The van der Waals surface area contributed by atoms with Crippen LogP contribution in [0.3, 0.4) is 0 Å². The molecule has 3 aromatic carbocycles. The summed E-state index contributed by atoms with van der Waals surface area (Å²) in [6.45, 7) is 3.99. The van der Waals surface area contributed by atoms with Gasteiger partial charge in [-0.25, -0.2) is 4.39 Å². The maximum absolute atomic E-state index is 13.4. The van der Waals surface area contributed by atoms with Crippen LogP contribution in [0.4, 0.5) is 10.1 Å². The van der Waals surface area contributed by atoms with Gasteiger partial charge in [-0.15, -0.1) is 10.2 Å². The molecule has 0 aliphatic carbocycles. The molecule has 1 heterocycles. The normalized spacial score (nSPS) is 11.0. The zero-order valence-corrected chi connectivity index (χ0v) is 15.6. The van der Waals surface area contributed by atoms with Crippen LogP contribution in [0.25, 0.3) is 16.7 Å². The summed E-state index contributed by atoms with van der Waals surface area (Å²) in [6, 6.07) is 17.3. The summed E-state index contributed by atoms with van der Waals surface area (Å²) in [5.74, 6) is -0.818. The molecule has 5 nitrogen and oxygen atoms in total. The summed E-state index contributed by atoms with van der Waals surface area (Å²) in [7, 11) is 0. The van der Waals surface area contributed by atoms with E-state index in [0.29, 0.717) is 11.2 Å². The molecule has 28 heavy (non-hydrogen) atoms. The van der Waals surface area contributed by atoms with Crippen molar-refractivity contribution in [1.82, 2.24) is 15.0 Å². The van der Waals surface area contributed by atoms with Crippen molar-refractivity contribution in [3.8, 4) is 5.69 Å². The second-order valence-corrected chi connectivity index (χ2v) is 6.63. The number of carbonyl (C=O) groups excluding carboxylic acids is 1. The first kappa shape index (κ1) is 17.9. The lowest BCUT2D eigenvalue weighted by atomic mass is 10.1. The first-order valence-corrected chi connectivity index (χ1v) is 9.07. The number of hydrogen-bond acceptors (Lipinski definition) is 3. The molecule has 1 N–H and O–H groups in total. The van der Waals surface area contributed by atoms with Crippen molar-refractivity contribution in [2.45, 2.75) is 20.3 Å². The number of aryl methyl sites for hydroxylation is 2. The van der Waals surface area contributed by atoms with Gasteiger partial charge in [0, 0.05) is 11.3 Å². The lowest BCUT2D eigenvalue weighted by Gasteiger charge is -2.08. The van der Waals surface area contributed by atoms with Crippen molar-refractivity contribution in [1.29, 1.82) is 0 Å². The molecule has 0 aliphatic rings. The van der Waals surface area contributed by atoms with Gasteiger partial charge in [0.05, 0.1) is 5.69 Å². The SMILES string of the molecule is CCc1ccc(-n2nc3cc(C)c(NC(=O)c4cccc(F)c4)cc3n2)cc1. The summed E-state index contributed by atoms with van der Waals surface area (Å²) >= 11 is 0. The predicted octanol–water partition coefficient (Wildman–Crippen LogP) is 4.68. The second-order valence-electron chi connectivity index (χ2n) is 6.63. The van der Waals surface area contributed by atoms with Gasteiger partial charge in [0.1, 0.15) is 16.9 Å². The van der Waals surface area contributed by atoms with E-state index in [-0.39, 0.29) is 11.5 Å². The molecule has 4 aromatic rings. The van der Waals surface area contributed by atoms with Crippen molar-refractivity contribution in [2.24, 2.45) is 0 Å². The second kappa shape index (κ2) is 7.23. The van der Waals surface area contributed by atoms with Crippen LogP contribution >= 0.6 is 0 Å². The minimum absolute atomic E-state index is 0.263. The van der Waals surface area contributed by atoms with E-state index in [1.165, 1.54) is 23.8 Å². The first-order valence-electron chi connectivity index (χ1n) is 9.07. The predicted molar refractivity (Wildman–Crippen MR) is 107 cm³/mol. The molecule has 0 saturated carbocycles. The molecule has 0 radical (unpaired) electrons. The highest BCUT2D eigenvalue weighted by molar-refractivity contribution is 6.05. The molecule has 0 bridgehead atoms. The molecule has 0 fully saturated rings. The number of hydrogen-bond donors (Lipinski definition) is 1. The molecule has 0 spiro atoms. The van der Waals surface area contributed by atoms with Gasteiger partial charge < -0.3 is 5.32 Å². The Morgan fingerprint density at radius 3 is 2.43 bits per heavy atom. The Morgan fingerprint density at radius 2 is 1.75 bits per heavy atom. The summed E-state index contributed by atoms with van der Waals surface area (Å²) in [5.41, 5.74) is 5.26. The van der Waals surface area contributed by atoms with Gasteiger partial charge >= 0.3 is 0 Å². The minimum atomic E-state index is -0.447. The van der Waals surface area contributed by atoms with E-state index in [1.54, 1.807) is 16.9 Å². The van der Waals surface area contributed by atoms with E-state index in [0.717, 1.165) is 23.2 Å². The maximum atomic E-state index is 13.4. The number of nitrogens with one attached hydrogen (secondary N) is 1. The molecular formula is C22H19FN4O. The highest BCUT2D eigenvalue weighted by atomic mass is 19.1. The molecular weight excluding hydrogens is 355 g/mol. The number of benzene rings is 3. The number of fused-ring (bicyclic) bond motifs is 1. The van der Waals surface area contributed by atoms with E-state index >= 15 is 0 Å². The molecule has 6 heteroatoms. The van der Waals surface area contributed by atoms with E-state index in [9.17, 15) is 9.18 Å². The molecule has 4 rings (SSSR count). The van der Waals surface area contributed by atoms with Crippen molar-refractivity contribution in [3.05, 3.63) is 83.2 Å². The fraction of sp³-hybridized carbons (Fsp3) is 0.136. The van der Waals surface area contributed by atoms with Crippen LogP contribution in [0.5, 0.6) is 0 Å². The standard InChI is InChI=1S/C22H19FN4O/c1-3-15-7-9-18(10-8-15)27-25-20-11-14(2)19(13-21(20)26-27)24-22(28)16-5-4-6-17(23)12-16/h4-13H,3H2,1-2H3,(H,24,28). The highest BCUT2D eigenvalue weighted by Gasteiger charge is 2.12. The van der Waals surface area contributed by atoms with Crippen molar-refractivity contribution < 1.29 is 9.18 Å². The van der Waals surface area contributed by atoms with E-state index in [1.807, 2.05) is 25.1 Å². The zero-order valence-electron chi connectivity index (χ0n) is 15.6. The lowest BCUT2D eigenvalue weighted by Crippen LogP contribution is -2.12. The Morgan fingerprint density at radius 1 is 1.04 bits per heavy atom. The summed E-state index contributed by atoms with van der Waals surface area (Å²) in [4.78, 5) is 14.0. The largest absolute Gasteiger partial charge is 0.322 e. The zero-order chi connectivity index (χ0) is 19.7.